The quantitative estimate of drug-likeness (QED) is 0.267. The lowest BCUT2D eigenvalue weighted by molar-refractivity contribution is 0.0949. The summed E-state index contributed by atoms with van der Waals surface area (Å²) in [4.78, 5) is 17.2. The first-order valence-corrected chi connectivity index (χ1v) is 12.1. The van der Waals surface area contributed by atoms with Gasteiger partial charge in [0.25, 0.3) is 5.91 Å². The highest BCUT2D eigenvalue weighted by molar-refractivity contribution is 7.98. The summed E-state index contributed by atoms with van der Waals surface area (Å²) in [6, 6.07) is 15.1. The summed E-state index contributed by atoms with van der Waals surface area (Å²) < 4.78 is 6.79. The first-order chi connectivity index (χ1) is 17.0. The lowest BCUT2D eigenvalue weighted by Crippen LogP contribution is -2.25. The fourth-order valence-electron chi connectivity index (χ4n) is 3.62. The third-order valence-corrected chi connectivity index (χ3v) is 6.56. The van der Waals surface area contributed by atoms with Gasteiger partial charge in [-0.2, -0.15) is 10.4 Å². The van der Waals surface area contributed by atoms with Crippen LogP contribution < -0.4 is 11.1 Å². The van der Waals surface area contributed by atoms with E-state index in [1.165, 1.54) is 11.8 Å². The largest absolute Gasteiger partial charge is 0.382 e. The van der Waals surface area contributed by atoms with Crippen LogP contribution >= 0.6 is 11.8 Å². The predicted molar refractivity (Wildman–Crippen MR) is 133 cm³/mol. The second-order valence-electron chi connectivity index (χ2n) is 7.87. The molecule has 0 bridgehead atoms. The fraction of sp³-hybridized carbons (Fsp3) is 0.240. The van der Waals surface area contributed by atoms with Gasteiger partial charge in [-0.05, 0) is 51.0 Å². The van der Waals surface area contributed by atoms with Gasteiger partial charge < -0.3 is 15.6 Å². The van der Waals surface area contributed by atoms with Crippen LogP contribution in [0.1, 0.15) is 45.1 Å². The van der Waals surface area contributed by atoms with Crippen LogP contribution in [0.4, 0.5) is 5.82 Å². The van der Waals surface area contributed by atoms with E-state index < -0.39 is 0 Å². The van der Waals surface area contributed by atoms with Crippen molar-refractivity contribution in [1.29, 1.82) is 5.26 Å². The smallest absolute Gasteiger partial charge is 0.254 e. The molecule has 1 aromatic carbocycles. The maximum atomic E-state index is 12.9. The normalized spacial score (nSPS) is 10.8. The summed E-state index contributed by atoms with van der Waals surface area (Å²) >= 11 is 1.47. The number of nitrogens with one attached hydrogen (secondary N) is 1. The Hall–Kier alpha value is -4.10. The number of para-hydroxylation sites is 1. The van der Waals surface area contributed by atoms with Crippen molar-refractivity contribution in [3.8, 4) is 11.8 Å². The fourth-order valence-corrected chi connectivity index (χ4v) is 4.77. The van der Waals surface area contributed by atoms with Gasteiger partial charge in [-0.15, -0.1) is 11.8 Å². The summed E-state index contributed by atoms with van der Waals surface area (Å²) in [6.45, 7) is 4.19. The molecule has 35 heavy (non-hydrogen) atoms. The number of carbonyl (C=O) groups excluding carboxylic acids is 1. The molecule has 3 N–H and O–H groups in total. The molecule has 0 atom stereocenters. The molecule has 0 fully saturated rings. The molecule has 0 saturated carbocycles. The molecule has 0 aliphatic heterocycles. The summed E-state index contributed by atoms with van der Waals surface area (Å²) in [5.74, 6) is 1.49. The number of aryl methyl sites for hydroxylation is 3. The third kappa shape index (κ3) is 5.36. The number of amides is 1. The lowest BCUT2D eigenvalue weighted by atomic mass is 10.1. The van der Waals surface area contributed by atoms with E-state index in [1.807, 2.05) is 44.2 Å². The molecular weight excluding hydrogens is 462 g/mol. The number of pyridine rings is 1. The van der Waals surface area contributed by atoms with E-state index >= 15 is 0 Å². The van der Waals surface area contributed by atoms with Gasteiger partial charge >= 0.3 is 0 Å². The number of nitrogen functional groups attached to an aromatic ring is 1. The molecule has 0 radical (unpaired) electrons. The summed E-state index contributed by atoms with van der Waals surface area (Å²) in [5, 5.41) is 21.7. The average molecular weight is 488 g/mol. The zero-order chi connectivity index (χ0) is 24.8. The van der Waals surface area contributed by atoms with Gasteiger partial charge in [-0.1, -0.05) is 23.4 Å². The number of nitriles is 1. The van der Waals surface area contributed by atoms with Crippen LogP contribution in [-0.4, -0.2) is 32.4 Å². The minimum Gasteiger partial charge on any atom is -0.382 e. The average Bonchev–Trinajstić information content (AvgIpc) is 3.38. The first-order valence-electron chi connectivity index (χ1n) is 11.1. The maximum Gasteiger partial charge on any atom is 0.254 e. The van der Waals surface area contributed by atoms with Gasteiger partial charge in [0.2, 0.25) is 0 Å². The SMILES string of the molecule is Cc1noc(C)c1CSc1ncccc1C(=O)NCCCc1nn(-c2ccccc2)c(N)c1C#N. The van der Waals surface area contributed by atoms with Crippen LogP contribution in [0.2, 0.25) is 0 Å². The second kappa shape index (κ2) is 10.9. The highest BCUT2D eigenvalue weighted by Gasteiger charge is 2.18. The number of nitrogens with zero attached hydrogens (tertiary/aromatic N) is 5. The third-order valence-electron chi connectivity index (χ3n) is 5.53. The maximum absolute atomic E-state index is 12.9. The molecule has 0 aliphatic rings. The Balaban J connectivity index is 1.36. The molecule has 4 rings (SSSR count). The molecule has 0 unspecified atom stereocenters. The molecule has 3 aromatic heterocycles. The van der Waals surface area contributed by atoms with Crippen molar-refractivity contribution < 1.29 is 9.32 Å². The van der Waals surface area contributed by atoms with Crippen LogP contribution in [-0.2, 0) is 12.2 Å². The molecule has 10 heteroatoms. The van der Waals surface area contributed by atoms with Crippen LogP contribution in [0.3, 0.4) is 0 Å². The van der Waals surface area contributed by atoms with E-state index in [4.69, 9.17) is 10.3 Å². The Kier molecular flexibility index (Phi) is 7.48. The molecule has 9 nitrogen and oxygen atoms in total. The number of hydrogen-bond donors (Lipinski definition) is 2. The van der Waals surface area contributed by atoms with Gasteiger partial charge in [0.05, 0.1) is 22.6 Å². The van der Waals surface area contributed by atoms with Gasteiger partial charge in [0, 0.05) is 24.1 Å². The van der Waals surface area contributed by atoms with Gasteiger partial charge in [-0.3, -0.25) is 4.79 Å². The van der Waals surface area contributed by atoms with Crippen molar-refractivity contribution in [1.82, 2.24) is 25.2 Å². The molecular formula is C25H25N7O2S. The number of hydrogen-bond acceptors (Lipinski definition) is 8. The highest BCUT2D eigenvalue weighted by Crippen LogP contribution is 2.27. The van der Waals surface area contributed by atoms with Crippen LogP contribution in [0.25, 0.3) is 5.69 Å². The van der Waals surface area contributed by atoms with E-state index in [2.05, 4.69) is 26.6 Å². The molecule has 0 saturated heterocycles. The summed E-state index contributed by atoms with van der Waals surface area (Å²) in [5.41, 5.74) is 10.3. The van der Waals surface area contributed by atoms with E-state index in [1.54, 1.807) is 23.0 Å². The van der Waals surface area contributed by atoms with Gasteiger partial charge in [0.1, 0.15) is 28.2 Å². The monoisotopic (exact) mass is 487 g/mol. The first kappa shape index (κ1) is 24.0. The molecule has 178 valence electrons. The Labute approximate surface area is 207 Å². The standard InChI is InChI=1S/C25H25N7O2S/c1-16-21(17(2)34-31-16)15-35-25-19(10-6-13-29-25)24(33)28-12-7-11-22-20(14-26)23(27)32(30-22)18-8-4-3-5-9-18/h3-6,8-10,13H,7,11-12,15,27H2,1-2H3,(H,28,33). The number of thioether (sulfide) groups is 1. The van der Waals surface area contributed by atoms with E-state index in [0.29, 0.717) is 52.8 Å². The van der Waals surface area contributed by atoms with Crippen LogP contribution in [0, 0.1) is 25.2 Å². The van der Waals surface area contributed by atoms with Crippen LogP contribution in [0.15, 0.2) is 58.2 Å². The Morgan fingerprint density at radius 3 is 2.74 bits per heavy atom. The van der Waals surface area contributed by atoms with Crippen molar-refractivity contribution in [3.05, 3.63) is 82.5 Å². The zero-order valence-corrected chi connectivity index (χ0v) is 20.3. The number of rotatable bonds is 9. The lowest BCUT2D eigenvalue weighted by Gasteiger charge is -2.09. The number of aromatic nitrogens is 4. The highest BCUT2D eigenvalue weighted by atomic mass is 32.2. The van der Waals surface area contributed by atoms with Gasteiger partial charge in [-0.25, -0.2) is 9.67 Å². The van der Waals surface area contributed by atoms with Gasteiger partial charge in [0.15, 0.2) is 0 Å². The summed E-state index contributed by atoms with van der Waals surface area (Å²) in [7, 11) is 0. The number of nitrogens with two attached hydrogens (primary N) is 1. The second-order valence-corrected chi connectivity index (χ2v) is 8.84. The minimum atomic E-state index is -0.200. The Morgan fingerprint density at radius 1 is 1.23 bits per heavy atom. The number of benzene rings is 1. The van der Waals surface area contributed by atoms with Crippen molar-refractivity contribution in [2.24, 2.45) is 0 Å². The minimum absolute atomic E-state index is 0.200. The van der Waals surface area contributed by atoms with Crippen LogP contribution in [0.5, 0.6) is 0 Å². The van der Waals surface area contributed by atoms with E-state index in [9.17, 15) is 10.1 Å². The van der Waals surface area contributed by atoms with E-state index in [0.717, 1.165) is 22.7 Å². The number of carbonyl (C=O) groups is 1. The van der Waals surface area contributed by atoms with Crippen molar-refractivity contribution in [3.63, 3.8) is 0 Å². The Morgan fingerprint density at radius 2 is 2.03 bits per heavy atom. The predicted octanol–water partition coefficient (Wildman–Crippen LogP) is 3.98. The molecule has 0 spiro atoms. The molecule has 1 amide bonds. The topological polar surface area (TPSA) is 136 Å². The number of anilines is 1. The Bertz CT molecular complexity index is 1350. The van der Waals surface area contributed by atoms with E-state index in [-0.39, 0.29) is 5.91 Å². The van der Waals surface area contributed by atoms with Crippen molar-refractivity contribution in [2.75, 3.05) is 12.3 Å². The zero-order valence-electron chi connectivity index (χ0n) is 19.5. The van der Waals surface area contributed by atoms with Crippen molar-refractivity contribution >= 4 is 23.5 Å². The molecule has 4 aromatic rings. The van der Waals surface area contributed by atoms with Crippen molar-refractivity contribution in [2.45, 2.75) is 37.5 Å². The molecule has 0 aliphatic carbocycles. The molecule has 3 heterocycles. The summed E-state index contributed by atoms with van der Waals surface area (Å²) in [6.07, 6.45) is 2.78.